The highest BCUT2D eigenvalue weighted by Crippen LogP contribution is 2.25. The van der Waals surface area contributed by atoms with Crippen LogP contribution in [-0.4, -0.2) is 42.9 Å². The Kier molecular flexibility index (Phi) is 6.25. The van der Waals surface area contributed by atoms with Crippen molar-refractivity contribution in [2.45, 2.75) is 32.0 Å². The van der Waals surface area contributed by atoms with Crippen LogP contribution >= 0.6 is 11.6 Å². The number of carbonyl (C=O) groups is 1. The van der Waals surface area contributed by atoms with E-state index in [1.807, 2.05) is 0 Å². The lowest BCUT2D eigenvalue weighted by molar-refractivity contribution is -0.140. The van der Waals surface area contributed by atoms with Gasteiger partial charge in [0.2, 0.25) is 0 Å². The smallest absolute Gasteiger partial charge is 0.263 e. The molecule has 0 aliphatic carbocycles. The van der Waals surface area contributed by atoms with Gasteiger partial charge < -0.3 is 9.64 Å². The van der Waals surface area contributed by atoms with Crippen molar-refractivity contribution < 1.29 is 22.3 Å². The normalized spacial score (nSPS) is 19.2. The molecule has 1 saturated heterocycles. The summed E-state index contributed by atoms with van der Waals surface area (Å²) in [5, 5.41) is 0.490. The van der Waals surface area contributed by atoms with E-state index in [2.05, 4.69) is 0 Å². The molecular weight excluding hydrogens is 405 g/mol. The topological polar surface area (TPSA) is 63.7 Å². The van der Waals surface area contributed by atoms with E-state index in [0.717, 1.165) is 0 Å². The SMILES string of the molecule is C[C@H](Oc1ccccc1F)C(=O)N(Cc1ccccc1Cl)[C@@H]1CCS(=O)(=O)C1. The molecule has 1 fully saturated rings. The van der Waals surface area contributed by atoms with Gasteiger partial charge in [-0.1, -0.05) is 41.9 Å². The molecule has 1 aliphatic rings. The van der Waals surface area contributed by atoms with Crippen LogP contribution in [-0.2, 0) is 21.2 Å². The van der Waals surface area contributed by atoms with Crippen LogP contribution in [0.2, 0.25) is 5.02 Å². The number of rotatable bonds is 6. The number of carbonyl (C=O) groups excluding carboxylic acids is 1. The summed E-state index contributed by atoms with van der Waals surface area (Å²) in [6.45, 7) is 1.68. The van der Waals surface area contributed by atoms with Crippen LogP contribution in [0.1, 0.15) is 18.9 Å². The largest absolute Gasteiger partial charge is 0.478 e. The van der Waals surface area contributed by atoms with E-state index in [-0.39, 0.29) is 23.8 Å². The molecule has 28 heavy (non-hydrogen) atoms. The maximum Gasteiger partial charge on any atom is 0.263 e. The first-order chi connectivity index (χ1) is 13.3. The predicted octanol–water partition coefficient (Wildman–Crippen LogP) is 3.46. The van der Waals surface area contributed by atoms with Gasteiger partial charge in [-0.15, -0.1) is 0 Å². The minimum atomic E-state index is -3.20. The third kappa shape index (κ3) is 4.83. The van der Waals surface area contributed by atoms with Crippen molar-refractivity contribution >= 4 is 27.3 Å². The van der Waals surface area contributed by atoms with Crippen LogP contribution in [0.25, 0.3) is 0 Å². The summed E-state index contributed by atoms with van der Waals surface area (Å²) in [5.41, 5.74) is 0.708. The van der Waals surface area contributed by atoms with Crippen LogP contribution < -0.4 is 4.74 Å². The van der Waals surface area contributed by atoms with Gasteiger partial charge in [-0.3, -0.25) is 4.79 Å². The molecule has 0 saturated carbocycles. The number of para-hydroxylation sites is 1. The molecule has 1 amide bonds. The fourth-order valence-electron chi connectivity index (χ4n) is 3.23. The van der Waals surface area contributed by atoms with Crippen molar-refractivity contribution in [3.05, 3.63) is 64.9 Å². The van der Waals surface area contributed by atoms with E-state index in [1.54, 1.807) is 30.3 Å². The number of amides is 1. The minimum absolute atomic E-state index is 0.0277. The Bertz CT molecular complexity index is 966. The van der Waals surface area contributed by atoms with Crippen molar-refractivity contribution in [3.63, 3.8) is 0 Å². The molecule has 1 aliphatic heterocycles. The first-order valence-electron chi connectivity index (χ1n) is 8.92. The van der Waals surface area contributed by atoms with Gasteiger partial charge >= 0.3 is 0 Å². The molecule has 0 unspecified atom stereocenters. The van der Waals surface area contributed by atoms with Crippen molar-refractivity contribution in [2.75, 3.05) is 11.5 Å². The van der Waals surface area contributed by atoms with E-state index in [9.17, 15) is 17.6 Å². The maximum atomic E-state index is 13.9. The molecule has 0 spiro atoms. The molecule has 0 N–H and O–H groups in total. The number of hydrogen-bond acceptors (Lipinski definition) is 4. The number of sulfone groups is 1. The number of ether oxygens (including phenoxy) is 1. The second kappa shape index (κ2) is 8.49. The summed E-state index contributed by atoms with van der Waals surface area (Å²) < 4.78 is 43.3. The zero-order valence-electron chi connectivity index (χ0n) is 15.3. The van der Waals surface area contributed by atoms with E-state index in [0.29, 0.717) is 17.0 Å². The fraction of sp³-hybridized carbons (Fsp3) is 0.350. The van der Waals surface area contributed by atoms with E-state index < -0.39 is 33.7 Å². The third-order valence-electron chi connectivity index (χ3n) is 4.72. The summed E-state index contributed by atoms with van der Waals surface area (Å²) in [4.78, 5) is 14.6. The summed E-state index contributed by atoms with van der Waals surface area (Å²) in [5.74, 6) is -1.07. The number of benzene rings is 2. The van der Waals surface area contributed by atoms with Crippen LogP contribution in [0.4, 0.5) is 4.39 Å². The molecule has 8 heteroatoms. The van der Waals surface area contributed by atoms with Gasteiger partial charge in [0, 0.05) is 17.6 Å². The van der Waals surface area contributed by atoms with Crippen LogP contribution in [0.3, 0.4) is 0 Å². The molecule has 5 nitrogen and oxygen atoms in total. The van der Waals surface area contributed by atoms with E-state index in [4.69, 9.17) is 16.3 Å². The van der Waals surface area contributed by atoms with E-state index in [1.165, 1.54) is 30.0 Å². The highest BCUT2D eigenvalue weighted by molar-refractivity contribution is 7.91. The summed E-state index contributed by atoms with van der Waals surface area (Å²) in [6, 6.07) is 12.4. The lowest BCUT2D eigenvalue weighted by atomic mass is 10.1. The lowest BCUT2D eigenvalue weighted by Gasteiger charge is -2.31. The van der Waals surface area contributed by atoms with Crippen molar-refractivity contribution in [1.29, 1.82) is 0 Å². The Balaban J connectivity index is 1.84. The predicted molar refractivity (Wildman–Crippen MR) is 106 cm³/mol. The summed E-state index contributed by atoms with van der Waals surface area (Å²) in [6.07, 6.45) is -0.631. The monoisotopic (exact) mass is 425 g/mol. The van der Waals surface area contributed by atoms with Gasteiger partial charge in [0.1, 0.15) is 0 Å². The maximum absolute atomic E-state index is 13.9. The molecule has 150 valence electrons. The molecule has 0 aromatic heterocycles. The zero-order valence-corrected chi connectivity index (χ0v) is 16.9. The third-order valence-corrected chi connectivity index (χ3v) is 6.84. The molecule has 0 bridgehead atoms. The fourth-order valence-corrected chi connectivity index (χ4v) is 5.16. The number of hydrogen-bond donors (Lipinski definition) is 0. The van der Waals surface area contributed by atoms with Gasteiger partial charge in [-0.2, -0.15) is 0 Å². The zero-order chi connectivity index (χ0) is 20.3. The van der Waals surface area contributed by atoms with Crippen LogP contribution in [0.5, 0.6) is 5.75 Å². The average Bonchev–Trinajstić information content (AvgIpc) is 3.02. The van der Waals surface area contributed by atoms with Gasteiger partial charge in [-0.25, -0.2) is 12.8 Å². The molecule has 2 atom stereocenters. The molecular formula is C20H21ClFNO4S. The first kappa shape index (κ1) is 20.6. The minimum Gasteiger partial charge on any atom is -0.478 e. The average molecular weight is 426 g/mol. The molecule has 1 heterocycles. The Morgan fingerprint density at radius 2 is 1.93 bits per heavy atom. The number of halogens is 2. The van der Waals surface area contributed by atoms with Gasteiger partial charge in [0.05, 0.1) is 11.5 Å². The van der Waals surface area contributed by atoms with E-state index >= 15 is 0 Å². The Morgan fingerprint density at radius 1 is 1.25 bits per heavy atom. The Morgan fingerprint density at radius 3 is 2.57 bits per heavy atom. The van der Waals surface area contributed by atoms with Gasteiger partial charge in [0.25, 0.3) is 5.91 Å². The molecule has 0 radical (unpaired) electrons. The summed E-state index contributed by atoms with van der Waals surface area (Å²) in [7, 11) is -3.20. The van der Waals surface area contributed by atoms with Crippen LogP contribution in [0, 0.1) is 5.82 Å². The Hall–Kier alpha value is -2.12. The Labute approximate surface area is 169 Å². The second-order valence-electron chi connectivity index (χ2n) is 6.80. The van der Waals surface area contributed by atoms with Gasteiger partial charge in [-0.05, 0) is 37.1 Å². The van der Waals surface area contributed by atoms with Crippen molar-refractivity contribution in [2.24, 2.45) is 0 Å². The van der Waals surface area contributed by atoms with Crippen molar-refractivity contribution in [1.82, 2.24) is 4.90 Å². The molecule has 2 aromatic carbocycles. The molecule has 2 aromatic rings. The molecule has 3 rings (SSSR count). The van der Waals surface area contributed by atoms with Crippen LogP contribution in [0.15, 0.2) is 48.5 Å². The first-order valence-corrected chi connectivity index (χ1v) is 11.1. The lowest BCUT2D eigenvalue weighted by Crippen LogP contribution is -2.46. The second-order valence-corrected chi connectivity index (χ2v) is 9.44. The highest BCUT2D eigenvalue weighted by Gasteiger charge is 2.37. The number of nitrogens with zero attached hydrogens (tertiary/aromatic N) is 1. The summed E-state index contributed by atoms with van der Waals surface area (Å²) >= 11 is 6.23. The van der Waals surface area contributed by atoms with Gasteiger partial charge in [0.15, 0.2) is 27.5 Å². The quantitative estimate of drug-likeness (QED) is 0.711. The standard InChI is InChI=1S/C20H21ClFNO4S/c1-14(27-19-9-5-4-8-18(19)22)20(24)23(16-10-11-28(25,26)13-16)12-15-6-2-3-7-17(15)21/h2-9,14,16H,10-13H2,1H3/t14-,16+/m0/s1. The van der Waals surface area contributed by atoms with Crippen molar-refractivity contribution in [3.8, 4) is 5.75 Å². The highest BCUT2D eigenvalue weighted by atomic mass is 35.5.